The second-order valence-electron chi connectivity index (χ2n) is 7.29. The summed E-state index contributed by atoms with van der Waals surface area (Å²) in [6.07, 6.45) is 3.76. The molecule has 0 aromatic heterocycles. The van der Waals surface area contributed by atoms with Gasteiger partial charge in [-0.25, -0.2) is 4.79 Å². The molecule has 0 spiro atoms. The van der Waals surface area contributed by atoms with Crippen molar-refractivity contribution in [3.8, 4) is 0 Å². The third-order valence-electron chi connectivity index (χ3n) is 5.76. The molecule has 0 bridgehead atoms. The Labute approximate surface area is 142 Å². The lowest BCUT2D eigenvalue weighted by Crippen LogP contribution is -2.29. The highest BCUT2D eigenvalue weighted by molar-refractivity contribution is 5.89. The van der Waals surface area contributed by atoms with E-state index in [-0.39, 0.29) is 6.04 Å². The third-order valence-corrected chi connectivity index (χ3v) is 5.76. The van der Waals surface area contributed by atoms with Gasteiger partial charge >= 0.3 is 5.97 Å². The van der Waals surface area contributed by atoms with Crippen molar-refractivity contribution in [2.75, 3.05) is 5.32 Å². The summed E-state index contributed by atoms with van der Waals surface area (Å²) in [4.78, 5) is 11.3. The number of aryl methyl sites for hydroxylation is 2. The predicted molar refractivity (Wildman–Crippen MR) is 95.8 cm³/mol. The van der Waals surface area contributed by atoms with Crippen LogP contribution in [-0.4, -0.2) is 11.1 Å². The van der Waals surface area contributed by atoms with Gasteiger partial charge in [0.15, 0.2) is 0 Å². The van der Waals surface area contributed by atoms with Gasteiger partial charge < -0.3 is 10.4 Å². The van der Waals surface area contributed by atoms with E-state index in [1.807, 2.05) is 13.0 Å². The van der Waals surface area contributed by atoms with E-state index in [0.717, 1.165) is 5.56 Å². The van der Waals surface area contributed by atoms with Crippen molar-refractivity contribution < 1.29 is 9.90 Å². The van der Waals surface area contributed by atoms with Crippen LogP contribution in [0.3, 0.4) is 0 Å². The summed E-state index contributed by atoms with van der Waals surface area (Å²) in [5, 5.41) is 13.0. The number of rotatable bonds is 2. The standard InChI is InChI=1S/C21H23NO2/c1-12-6-9-19-18(10-12)16-4-3-5-17(16)20(22-19)14-7-8-15(21(23)24)13(2)11-14/h6-11,16-17,20,22H,3-5H2,1-2H3,(H,23,24)/t16-,17+,20+/m1/s1. The van der Waals surface area contributed by atoms with Crippen LogP contribution in [0, 0.1) is 19.8 Å². The number of fused-ring (bicyclic) bond motifs is 3. The molecule has 2 aromatic carbocycles. The number of anilines is 1. The highest BCUT2D eigenvalue weighted by atomic mass is 16.4. The van der Waals surface area contributed by atoms with E-state index in [2.05, 4.69) is 36.5 Å². The molecule has 24 heavy (non-hydrogen) atoms. The molecule has 3 nitrogen and oxygen atoms in total. The van der Waals surface area contributed by atoms with Gasteiger partial charge in [-0.2, -0.15) is 0 Å². The SMILES string of the molecule is Cc1ccc2c(c1)[C@@H]1CCC[C@@H]1[C@H](c1ccc(C(=O)O)c(C)c1)N2. The largest absolute Gasteiger partial charge is 0.478 e. The van der Waals surface area contributed by atoms with Gasteiger partial charge in [0.25, 0.3) is 0 Å². The van der Waals surface area contributed by atoms with Gasteiger partial charge in [-0.3, -0.25) is 0 Å². The number of aromatic carboxylic acids is 1. The normalized spacial score (nSPS) is 24.8. The van der Waals surface area contributed by atoms with Gasteiger partial charge in [-0.15, -0.1) is 0 Å². The number of benzene rings is 2. The van der Waals surface area contributed by atoms with Crippen molar-refractivity contribution in [2.24, 2.45) is 5.92 Å². The number of hydrogen-bond acceptors (Lipinski definition) is 2. The molecule has 4 rings (SSSR count). The van der Waals surface area contributed by atoms with Gasteiger partial charge in [0.05, 0.1) is 11.6 Å². The molecule has 2 N–H and O–H groups in total. The lowest BCUT2D eigenvalue weighted by Gasteiger charge is -2.38. The Morgan fingerprint density at radius 3 is 2.71 bits per heavy atom. The predicted octanol–water partition coefficient (Wildman–Crippen LogP) is 5.05. The molecule has 0 radical (unpaired) electrons. The first-order valence-corrected chi connectivity index (χ1v) is 8.75. The first-order valence-electron chi connectivity index (χ1n) is 8.75. The number of carboxylic acids is 1. The second kappa shape index (κ2) is 5.66. The summed E-state index contributed by atoms with van der Waals surface area (Å²) in [7, 11) is 0. The van der Waals surface area contributed by atoms with Crippen LogP contribution in [0.25, 0.3) is 0 Å². The topological polar surface area (TPSA) is 49.3 Å². The van der Waals surface area contributed by atoms with E-state index in [9.17, 15) is 9.90 Å². The van der Waals surface area contributed by atoms with E-state index >= 15 is 0 Å². The molecule has 3 atom stereocenters. The maximum absolute atomic E-state index is 11.3. The highest BCUT2D eigenvalue weighted by Gasteiger charge is 2.40. The molecule has 1 aliphatic heterocycles. The molecule has 1 aliphatic carbocycles. The fourth-order valence-corrected chi connectivity index (χ4v) is 4.62. The van der Waals surface area contributed by atoms with Crippen molar-refractivity contribution in [1.29, 1.82) is 0 Å². The van der Waals surface area contributed by atoms with Gasteiger partial charge in [-0.1, -0.05) is 36.2 Å². The Morgan fingerprint density at radius 1 is 1.12 bits per heavy atom. The van der Waals surface area contributed by atoms with Gasteiger partial charge in [-0.05, 0) is 67.3 Å². The first-order chi connectivity index (χ1) is 11.5. The minimum absolute atomic E-state index is 0.272. The molecule has 3 heteroatoms. The van der Waals surface area contributed by atoms with Gasteiger partial charge in [0.1, 0.15) is 0 Å². The number of carbonyl (C=O) groups is 1. The van der Waals surface area contributed by atoms with Crippen LogP contribution in [0.5, 0.6) is 0 Å². The zero-order valence-electron chi connectivity index (χ0n) is 14.2. The van der Waals surface area contributed by atoms with E-state index < -0.39 is 5.97 Å². The summed E-state index contributed by atoms with van der Waals surface area (Å²) in [5.74, 6) is 0.357. The average molecular weight is 321 g/mol. The Kier molecular flexibility index (Phi) is 3.60. The number of hydrogen-bond donors (Lipinski definition) is 2. The lowest BCUT2D eigenvalue weighted by atomic mass is 9.76. The second-order valence-corrected chi connectivity index (χ2v) is 7.29. The third kappa shape index (κ3) is 2.39. The molecule has 1 saturated carbocycles. The van der Waals surface area contributed by atoms with Crippen molar-refractivity contribution in [3.05, 3.63) is 64.2 Å². The molecule has 0 amide bonds. The van der Waals surface area contributed by atoms with E-state index in [1.54, 1.807) is 6.07 Å². The van der Waals surface area contributed by atoms with Crippen LogP contribution in [0.1, 0.15) is 63.8 Å². The molecule has 2 aromatic rings. The maximum Gasteiger partial charge on any atom is 0.335 e. The Bertz CT molecular complexity index is 811. The Morgan fingerprint density at radius 2 is 1.96 bits per heavy atom. The number of carboxylic acid groups (broad SMARTS) is 1. The van der Waals surface area contributed by atoms with Crippen molar-refractivity contribution in [2.45, 2.75) is 45.1 Å². The molecule has 0 saturated heterocycles. The molecule has 1 heterocycles. The summed E-state index contributed by atoms with van der Waals surface area (Å²) in [5.41, 5.74) is 6.47. The summed E-state index contributed by atoms with van der Waals surface area (Å²) in [6.45, 7) is 4.05. The van der Waals surface area contributed by atoms with Gasteiger partial charge in [0.2, 0.25) is 0 Å². The van der Waals surface area contributed by atoms with Crippen LogP contribution in [-0.2, 0) is 0 Å². The summed E-state index contributed by atoms with van der Waals surface area (Å²) in [6, 6.07) is 12.8. The first kappa shape index (κ1) is 15.3. The molecule has 1 fully saturated rings. The zero-order chi connectivity index (χ0) is 16.8. The average Bonchev–Trinajstić information content (AvgIpc) is 3.03. The lowest BCUT2D eigenvalue weighted by molar-refractivity contribution is 0.0696. The monoisotopic (exact) mass is 321 g/mol. The molecular weight excluding hydrogens is 298 g/mol. The maximum atomic E-state index is 11.3. The Balaban J connectivity index is 1.75. The van der Waals surface area contributed by atoms with Crippen molar-refractivity contribution in [3.63, 3.8) is 0 Å². The van der Waals surface area contributed by atoms with Crippen molar-refractivity contribution in [1.82, 2.24) is 0 Å². The number of nitrogens with one attached hydrogen (secondary N) is 1. The van der Waals surface area contributed by atoms with E-state index in [1.165, 1.54) is 41.6 Å². The highest BCUT2D eigenvalue weighted by Crippen LogP contribution is 2.52. The molecule has 124 valence electrons. The zero-order valence-corrected chi connectivity index (χ0v) is 14.2. The van der Waals surface area contributed by atoms with Crippen LogP contribution < -0.4 is 5.32 Å². The molecule has 2 aliphatic rings. The minimum atomic E-state index is -0.852. The molecule has 0 unspecified atom stereocenters. The van der Waals surface area contributed by atoms with Crippen LogP contribution in [0.4, 0.5) is 5.69 Å². The van der Waals surface area contributed by atoms with Crippen molar-refractivity contribution >= 4 is 11.7 Å². The van der Waals surface area contributed by atoms with Crippen LogP contribution >= 0.6 is 0 Å². The quantitative estimate of drug-likeness (QED) is 0.813. The summed E-state index contributed by atoms with van der Waals surface area (Å²) >= 11 is 0. The minimum Gasteiger partial charge on any atom is -0.478 e. The Hall–Kier alpha value is -2.29. The smallest absolute Gasteiger partial charge is 0.335 e. The van der Waals surface area contributed by atoms with Crippen LogP contribution in [0.2, 0.25) is 0 Å². The van der Waals surface area contributed by atoms with E-state index in [4.69, 9.17) is 0 Å². The fraction of sp³-hybridized carbons (Fsp3) is 0.381. The van der Waals surface area contributed by atoms with E-state index in [0.29, 0.717) is 17.4 Å². The van der Waals surface area contributed by atoms with Gasteiger partial charge in [0, 0.05) is 5.69 Å². The van der Waals surface area contributed by atoms with Crippen LogP contribution in [0.15, 0.2) is 36.4 Å². The fourth-order valence-electron chi connectivity index (χ4n) is 4.62. The summed E-state index contributed by atoms with van der Waals surface area (Å²) < 4.78 is 0. The molecular formula is C21H23NO2.